The number of hydrogen-bond acceptors (Lipinski definition) is 4. The largest absolute Gasteiger partial charge is 0.481 e. The minimum absolute atomic E-state index is 0.229. The maximum Gasteiger partial charge on any atom is 0.317 e. The van der Waals surface area contributed by atoms with E-state index in [1.54, 1.807) is 18.0 Å². The molecule has 1 fully saturated rings. The highest BCUT2D eigenvalue weighted by atomic mass is 35.5. The summed E-state index contributed by atoms with van der Waals surface area (Å²) in [4.78, 5) is 30.3. The molecule has 1 aliphatic rings. The molecular formula is C17H18ClN3O3S. The quantitative estimate of drug-likeness (QED) is 0.852. The molecule has 0 spiro atoms. The molecule has 1 aromatic heterocycles. The van der Waals surface area contributed by atoms with Crippen LogP contribution in [0, 0.1) is 5.41 Å². The molecule has 3 rings (SSSR count). The monoisotopic (exact) mass is 379 g/mol. The van der Waals surface area contributed by atoms with E-state index < -0.39 is 11.4 Å². The Morgan fingerprint density at radius 3 is 2.76 bits per heavy atom. The van der Waals surface area contributed by atoms with Gasteiger partial charge < -0.3 is 15.3 Å². The molecule has 2 N–H and O–H groups in total. The molecule has 25 heavy (non-hydrogen) atoms. The molecule has 0 saturated carbocycles. The van der Waals surface area contributed by atoms with E-state index in [0.717, 1.165) is 15.4 Å². The van der Waals surface area contributed by atoms with Gasteiger partial charge in [-0.25, -0.2) is 9.78 Å². The number of carboxylic acids is 1. The molecule has 1 saturated heterocycles. The Bertz CT molecular complexity index is 793. The summed E-state index contributed by atoms with van der Waals surface area (Å²) in [5.74, 6) is -0.863. The number of aromatic nitrogens is 1. The van der Waals surface area contributed by atoms with Crippen LogP contribution >= 0.6 is 22.9 Å². The van der Waals surface area contributed by atoms with Gasteiger partial charge in [0.1, 0.15) is 5.01 Å². The molecule has 0 aliphatic carbocycles. The third-order valence-electron chi connectivity index (χ3n) is 4.34. The van der Waals surface area contributed by atoms with E-state index in [-0.39, 0.29) is 12.6 Å². The van der Waals surface area contributed by atoms with Crippen LogP contribution < -0.4 is 5.32 Å². The Hall–Kier alpha value is -2.12. The number of nitrogens with zero attached hydrogens (tertiary/aromatic N) is 2. The average Bonchev–Trinajstić information content (AvgIpc) is 3.21. The number of urea groups is 1. The Kier molecular flexibility index (Phi) is 4.96. The minimum atomic E-state index is -0.863. The fourth-order valence-electron chi connectivity index (χ4n) is 2.70. The van der Waals surface area contributed by atoms with Crippen molar-refractivity contribution >= 4 is 34.9 Å². The lowest BCUT2D eigenvalue weighted by Crippen LogP contribution is -2.40. The third kappa shape index (κ3) is 3.93. The van der Waals surface area contributed by atoms with Gasteiger partial charge in [0.15, 0.2) is 0 Å². The van der Waals surface area contributed by atoms with Gasteiger partial charge in [-0.15, -0.1) is 11.3 Å². The summed E-state index contributed by atoms with van der Waals surface area (Å²) in [6.45, 7) is 2.72. The maximum absolute atomic E-state index is 12.2. The molecular weight excluding hydrogens is 362 g/mol. The standard InChI is InChI=1S/C17H18ClN3O3S/c1-17(15(22)23)6-7-21(10-17)16(24)20-9-13-8-19-14(25-13)11-2-4-12(18)5-3-11/h2-5,8H,6-7,9-10H2,1H3,(H,20,24)(H,22,23). The van der Waals surface area contributed by atoms with E-state index >= 15 is 0 Å². The van der Waals surface area contributed by atoms with Crippen molar-refractivity contribution in [1.29, 1.82) is 0 Å². The number of carbonyl (C=O) groups excluding carboxylic acids is 1. The number of aliphatic carboxylic acids is 1. The molecule has 132 valence electrons. The predicted octanol–water partition coefficient (Wildman–Crippen LogP) is 3.47. The van der Waals surface area contributed by atoms with Gasteiger partial charge >= 0.3 is 12.0 Å². The van der Waals surface area contributed by atoms with Crippen molar-refractivity contribution < 1.29 is 14.7 Å². The molecule has 2 aromatic rings. The number of halogens is 1. The zero-order valence-corrected chi connectivity index (χ0v) is 15.2. The average molecular weight is 380 g/mol. The normalized spacial score (nSPS) is 19.8. The summed E-state index contributed by atoms with van der Waals surface area (Å²) in [6.07, 6.45) is 2.21. The van der Waals surface area contributed by atoms with Crippen molar-refractivity contribution in [3.8, 4) is 10.6 Å². The van der Waals surface area contributed by atoms with E-state index in [0.29, 0.717) is 24.5 Å². The number of rotatable bonds is 4. The Balaban J connectivity index is 1.57. The van der Waals surface area contributed by atoms with Gasteiger partial charge in [-0.05, 0) is 25.5 Å². The molecule has 1 unspecified atom stereocenters. The molecule has 1 atom stereocenters. The number of carbonyl (C=O) groups is 2. The van der Waals surface area contributed by atoms with E-state index in [1.807, 2.05) is 24.3 Å². The van der Waals surface area contributed by atoms with Crippen LogP contribution in [-0.4, -0.2) is 40.1 Å². The van der Waals surface area contributed by atoms with E-state index in [1.165, 1.54) is 11.3 Å². The van der Waals surface area contributed by atoms with Crippen LogP contribution in [0.2, 0.25) is 5.02 Å². The van der Waals surface area contributed by atoms with Crippen molar-refractivity contribution in [2.45, 2.75) is 19.9 Å². The van der Waals surface area contributed by atoms with Crippen LogP contribution in [0.3, 0.4) is 0 Å². The second-order valence-corrected chi connectivity index (χ2v) is 7.89. The number of nitrogens with one attached hydrogen (secondary N) is 1. The van der Waals surface area contributed by atoms with Crippen LogP contribution in [0.15, 0.2) is 30.5 Å². The van der Waals surface area contributed by atoms with Crippen LogP contribution in [0.1, 0.15) is 18.2 Å². The van der Waals surface area contributed by atoms with Crippen LogP contribution in [0.5, 0.6) is 0 Å². The predicted molar refractivity (Wildman–Crippen MR) is 96.7 cm³/mol. The van der Waals surface area contributed by atoms with Gasteiger partial charge in [0.05, 0.1) is 12.0 Å². The smallest absolute Gasteiger partial charge is 0.317 e. The lowest BCUT2D eigenvalue weighted by molar-refractivity contribution is -0.147. The van der Waals surface area contributed by atoms with Crippen LogP contribution in [-0.2, 0) is 11.3 Å². The fraction of sp³-hybridized carbons (Fsp3) is 0.353. The fourth-order valence-corrected chi connectivity index (χ4v) is 3.68. The van der Waals surface area contributed by atoms with Gasteiger partial charge in [-0.1, -0.05) is 23.7 Å². The minimum Gasteiger partial charge on any atom is -0.481 e. The van der Waals surface area contributed by atoms with Gasteiger partial charge in [-0.2, -0.15) is 0 Å². The highest BCUT2D eigenvalue weighted by molar-refractivity contribution is 7.15. The number of carboxylic acid groups (broad SMARTS) is 1. The second kappa shape index (κ2) is 7.01. The summed E-state index contributed by atoms with van der Waals surface area (Å²) < 4.78 is 0. The molecule has 8 heteroatoms. The molecule has 1 aliphatic heterocycles. The first-order valence-corrected chi connectivity index (χ1v) is 9.04. The van der Waals surface area contributed by atoms with E-state index in [4.69, 9.17) is 11.6 Å². The number of amides is 2. The first kappa shape index (κ1) is 17.7. The summed E-state index contributed by atoms with van der Waals surface area (Å²) in [5, 5.41) is 13.6. The Morgan fingerprint density at radius 2 is 2.12 bits per heavy atom. The number of benzene rings is 1. The van der Waals surface area contributed by atoms with E-state index in [2.05, 4.69) is 10.3 Å². The molecule has 2 heterocycles. The summed E-state index contributed by atoms with van der Waals surface area (Å²) >= 11 is 7.38. The number of thiazole rings is 1. The van der Waals surface area contributed by atoms with Crippen LogP contribution in [0.25, 0.3) is 10.6 Å². The molecule has 1 aromatic carbocycles. The zero-order valence-electron chi connectivity index (χ0n) is 13.7. The summed E-state index contributed by atoms with van der Waals surface area (Å²) in [6, 6.07) is 7.19. The summed E-state index contributed by atoms with van der Waals surface area (Å²) in [7, 11) is 0. The third-order valence-corrected chi connectivity index (χ3v) is 5.63. The Labute approximate surface area is 154 Å². The Morgan fingerprint density at radius 1 is 1.40 bits per heavy atom. The van der Waals surface area contributed by atoms with Crippen molar-refractivity contribution in [1.82, 2.24) is 15.2 Å². The maximum atomic E-state index is 12.2. The lowest BCUT2D eigenvalue weighted by atomic mass is 9.90. The molecule has 6 nitrogen and oxygen atoms in total. The first-order chi connectivity index (χ1) is 11.9. The SMILES string of the molecule is CC1(C(=O)O)CCN(C(=O)NCc2cnc(-c3ccc(Cl)cc3)s2)C1. The summed E-state index contributed by atoms with van der Waals surface area (Å²) in [5.41, 5.74) is 0.118. The van der Waals surface area contributed by atoms with Gasteiger partial charge in [-0.3, -0.25) is 4.79 Å². The van der Waals surface area contributed by atoms with Crippen molar-refractivity contribution in [3.05, 3.63) is 40.4 Å². The topological polar surface area (TPSA) is 82.5 Å². The zero-order chi connectivity index (χ0) is 18.0. The van der Waals surface area contributed by atoms with Gasteiger partial charge in [0.25, 0.3) is 0 Å². The van der Waals surface area contributed by atoms with Crippen LogP contribution in [0.4, 0.5) is 4.79 Å². The van der Waals surface area contributed by atoms with Gasteiger partial charge in [0.2, 0.25) is 0 Å². The lowest BCUT2D eigenvalue weighted by Gasteiger charge is -2.20. The molecule has 2 amide bonds. The van der Waals surface area contributed by atoms with Crippen molar-refractivity contribution in [2.24, 2.45) is 5.41 Å². The van der Waals surface area contributed by atoms with E-state index in [9.17, 15) is 14.7 Å². The van der Waals surface area contributed by atoms with Crippen molar-refractivity contribution in [3.63, 3.8) is 0 Å². The first-order valence-electron chi connectivity index (χ1n) is 7.84. The highest BCUT2D eigenvalue weighted by Gasteiger charge is 2.42. The van der Waals surface area contributed by atoms with Crippen molar-refractivity contribution in [2.75, 3.05) is 13.1 Å². The molecule has 0 radical (unpaired) electrons. The number of likely N-dealkylation sites (tertiary alicyclic amines) is 1. The highest BCUT2D eigenvalue weighted by Crippen LogP contribution is 2.30. The second-order valence-electron chi connectivity index (χ2n) is 6.33. The number of hydrogen-bond donors (Lipinski definition) is 2. The van der Waals surface area contributed by atoms with Gasteiger partial charge in [0, 0.05) is 34.7 Å². The molecule has 0 bridgehead atoms.